The molecule has 24 unspecified atom stereocenters. The van der Waals surface area contributed by atoms with Crippen LogP contribution >= 0.6 is 94.1 Å². The Labute approximate surface area is 679 Å². The largest absolute Gasteiger partial charge is 0.396 e. The van der Waals surface area contributed by atoms with E-state index in [9.17, 15) is 123 Å². The third kappa shape index (κ3) is 24.8. The van der Waals surface area contributed by atoms with Crippen LogP contribution in [0.4, 0.5) is 0 Å². The zero-order valence-electron chi connectivity index (χ0n) is 60.6. The first-order valence-electron chi connectivity index (χ1n) is 36.8. The first-order valence-corrected chi connectivity index (χ1v) is 46.0. The van der Waals surface area contributed by atoms with Gasteiger partial charge in [-0.3, -0.25) is 0 Å². The first kappa shape index (κ1) is 97.0. The van der Waals surface area contributed by atoms with Gasteiger partial charge in [-0.2, -0.15) is 94.1 Å². The van der Waals surface area contributed by atoms with Crippen molar-refractivity contribution < 1.29 is 198 Å². The molecule has 30 aliphatic heterocycles. The van der Waals surface area contributed by atoms with Gasteiger partial charge in [0, 0.05) is 92.0 Å². The van der Waals surface area contributed by atoms with Gasteiger partial charge in [-0.25, -0.2) is 0 Å². The van der Waals surface area contributed by atoms with Gasteiger partial charge in [0.2, 0.25) is 0 Å². The predicted octanol–water partition coefficient (Wildman–Crippen LogP) is -11.5. The molecule has 24 N–H and O–H groups in total. The van der Waals surface area contributed by atoms with Gasteiger partial charge in [-0.15, -0.1) is 0 Å². The summed E-state index contributed by atoms with van der Waals surface area (Å²) in [6, 6.07) is 0. The van der Waals surface area contributed by atoms with Crippen molar-refractivity contribution in [2.24, 2.45) is 0 Å². The van der Waals surface area contributed by atoms with Gasteiger partial charge in [0.05, 0.1) is 102 Å². The summed E-state index contributed by atoms with van der Waals surface area (Å²) in [7, 11) is 0. The third-order valence-electron chi connectivity index (χ3n) is 19.6. The van der Waals surface area contributed by atoms with Crippen molar-refractivity contribution in [2.75, 3.05) is 145 Å². The molecule has 30 rings (SSSR count). The summed E-state index contributed by atoms with van der Waals surface area (Å²) in [5.74, 6) is -0.663. The molecule has 0 aromatic carbocycles. The van der Waals surface area contributed by atoms with Crippen LogP contribution in [0.2, 0.25) is 0 Å². The number of ether oxygens (including phenoxy) is 16. The van der Waals surface area contributed by atoms with Crippen LogP contribution in [-0.2, 0) is 75.8 Å². The Morgan fingerprint density at radius 3 is 0.330 bits per heavy atom. The van der Waals surface area contributed by atoms with Gasteiger partial charge in [0.25, 0.3) is 0 Å². The van der Waals surface area contributed by atoms with Crippen LogP contribution in [0.5, 0.6) is 0 Å². The topological polar surface area (TPSA) is 633 Å². The highest BCUT2D eigenvalue weighted by Gasteiger charge is 2.61. The van der Waals surface area contributed by atoms with Gasteiger partial charge in [-0.1, -0.05) is 0 Å². The lowest BCUT2D eigenvalue weighted by molar-refractivity contribution is -0.396. The van der Waals surface area contributed by atoms with Crippen molar-refractivity contribution in [1.82, 2.24) is 0 Å². The molecule has 30 saturated heterocycles. The predicted molar refractivity (Wildman–Crippen MR) is 400 cm³/mol. The minimum atomic E-state index is -2.13. The molecule has 0 saturated carbocycles. The smallest absolute Gasteiger partial charge is 0.187 e. The number of hydrogen-bond donors (Lipinski definition) is 24. The van der Waals surface area contributed by atoms with Crippen LogP contribution < -0.4 is 0 Å². The lowest BCUT2D eigenvalue weighted by atomic mass is 9.95. The van der Waals surface area contributed by atoms with Gasteiger partial charge >= 0.3 is 0 Å². The molecule has 0 aromatic heterocycles. The van der Waals surface area contributed by atoms with E-state index in [1.807, 2.05) is 0 Å². The first-order chi connectivity index (χ1) is 53.9. The lowest BCUT2D eigenvalue weighted by Gasteiger charge is -2.51. The summed E-state index contributed by atoms with van der Waals surface area (Å²) >= 11 is 8.58. The summed E-state index contributed by atoms with van der Waals surface area (Å²) in [5, 5.41) is 272. The number of aliphatic hydroxyl groups is 24. The standard InChI is InChI=1S/C64H112O40S8/c65-1-9-105-17-25-49-33(73)41(81)57(89-25)98-50-26(18-106-10-2-66)91-59(43(83)35(50)75)100-52-28(20-108-12-4-68)93-61(45(85)37(52)77)102-54-30(22-110-14-6-70)95-63(47(87)39(54)79)104-56-32(24-112-16-8-72)96-64(48(88)40(56)80)103-55-31(23-111-15-7-71)94-62(46(86)38(55)78)101-53-29(21-109-13-5-69)92-60(44(84)36(53)76)99-51-27(19-107-11-3-67)90-58(97-49)42(82)34(51)74/h25-88H,1-24H2/t25?,26?,27?,28?,29?,30?,31?,32?,33?,34?,35?,36?,37?,38?,39?,40?,41?,42?,43?,44?,45?,46?,47?,48?,49-,50-,51-,52-,53-,54-,55-,56-,57-,58-,59-,60-,61-,62-,63-,64-/m1/s1. The van der Waals surface area contributed by atoms with Crippen molar-refractivity contribution >= 4 is 94.1 Å². The van der Waals surface area contributed by atoms with Crippen molar-refractivity contribution in [3.05, 3.63) is 0 Å². The van der Waals surface area contributed by atoms with Crippen molar-refractivity contribution in [1.29, 1.82) is 0 Å². The summed E-state index contributed by atoms with van der Waals surface area (Å²) in [6.45, 7) is -2.81. The molecule has 48 heteroatoms. The highest BCUT2D eigenvalue weighted by atomic mass is 32.2. The van der Waals surface area contributed by atoms with E-state index in [0.29, 0.717) is 0 Å². The van der Waals surface area contributed by atoms with Crippen LogP contribution in [0, 0.1) is 0 Å². The van der Waals surface area contributed by atoms with E-state index in [-0.39, 0.29) is 145 Å². The van der Waals surface area contributed by atoms with Gasteiger partial charge < -0.3 is 198 Å². The number of hydrogen-bond acceptors (Lipinski definition) is 48. The zero-order valence-corrected chi connectivity index (χ0v) is 67.1. The monoisotopic (exact) mass is 1780 g/mol. The minimum absolute atomic E-state index is 0.0782. The normalized spacial score (nSPS) is 46.1. The Morgan fingerprint density at radius 1 is 0.143 bits per heavy atom. The van der Waals surface area contributed by atoms with Gasteiger partial charge in [0.15, 0.2) is 50.3 Å². The second-order valence-electron chi connectivity index (χ2n) is 27.4. The summed E-state index contributed by atoms with van der Waals surface area (Å²) in [6.07, 6.45) is -73.8. The van der Waals surface area contributed by atoms with Crippen LogP contribution in [-0.4, -0.2) is 513 Å². The quantitative estimate of drug-likeness (QED) is 0.0278. The molecule has 0 spiro atoms. The Balaban J connectivity index is 1.07. The molecular weight excluding hydrogens is 1670 g/mol. The fourth-order valence-corrected chi connectivity index (χ4v) is 20.3. The van der Waals surface area contributed by atoms with Crippen molar-refractivity contribution in [3.8, 4) is 0 Å². The molecule has 30 heterocycles. The Morgan fingerprint density at radius 2 is 0.241 bits per heavy atom. The number of rotatable bonds is 32. The minimum Gasteiger partial charge on any atom is -0.396 e. The van der Waals surface area contributed by atoms with E-state index in [4.69, 9.17) is 75.8 Å². The van der Waals surface area contributed by atoms with E-state index in [1.165, 1.54) is 0 Å². The average Bonchev–Trinajstić information content (AvgIpc) is 0.772. The molecule has 0 radical (unpaired) electrons. The Hall–Kier alpha value is 1.20. The molecule has 30 aliphatic rings. The van der Waals surface area contributed by atoms with E-state index < -0.39 is 246 Å². The summed E-state index contributed by atoms with van der Waals surface area (Å²) in [5.41, 5.74) is 0. The van der Waals surface area contributed by atoms with Crippen LogP contribution in [0.25, 0.3) is 0 Å². The molecule has 656 valence electrons. The molecule has 40 nitrogen and oxygen atoms in total. The van der Waals surface area contributed by atoms with Crippen molar-refractivity contribution in [2.45, 2.75) is 246 Å². The van der Waals surface area contributed by atoms with Crippen LogP contribution in [0.1, 0.15) is 0 Å². The fraction of sp³-hybridized carbons (Fsp3) is 1.00. The maximum Gasteiger partial charge on any atom is 0.187 e. The van der Waals surface area contributed by atoms with E-state index in [1.54, 1.807) is 0 Å². The molecule has 40 atom stereocenters. The molecule has 0 amide bonds. The molecule has 112 heavy (non-hydrogen) atoms. The van der Waals surface area contributed by atoms with E-state index in [0.717, 1.165) is 94.1 Å². The van der Waals surface area contributed by atoms with Crippen LogP contribution in [0.15, 0.2) is 0 Å². The van der Waals surface area contributed by atoms with Gasteiger partial charge in [-0.05, 0) is 0 Å². The number of thioether (sulfide) groups is 8. The molecular formula is C64H112O40S8. The second kappa shape index (κ2) is 48.5. The van der Waals surface area contributed by atoms with E-state index in [2.05, 4.69) is 0 Å². The maximum atomic E-state index is 12.1. The molecule has 16 bridgehead atoms. The third-order valence-corrected chi connectivity index (χ3v) is 27.9. The maximum absolute atomic E-state index is 12.1. The second-order valence-corrected chi connectivity index (χ2v) is 36.6. The highest BCUT2D eigenvalue weighted by Crippen LogP contribution is 2.42. The molecule has 0 aromatic rings. The summed E-state index contributed by atoms with van der Waals surface area (Å²) < 4.78 is 101. The summed E-state index contributed by atoms with van der Waals surface area (Å²) in [4.78, 5) is 0. The number of aliphatic hydroxyl groups excluding tert-OH is 24. The Bertz CT molecular complexity index is 2120. The lowest BCUT2D eigenvalue weighted by Crippen LogP contribution is -2.69. The zero-order chi connectivity index (χ0) is 81.0. The molecule has 30 fully saturated rings. The molecule has 0 aliphatic carbocycles. The van der Waals surface area contributed by atoms with Crippen molar-refractivity contribution in [3.63, 3.8) is 0 Å². The van der Waals surface area contributed by atoms with Crippen LogP contribution in [0.3, 0.4) is 0 Å². The van der Waals surface area contributed by atoms with Gasteiger partial charge in [0.1, 0.15) is 146 Å². The fourth-order valence-electron chi connectivity index (χ4n) is 13.9. The SMILES string of the molecule is OCCSCC1O[C@@H]2O[C@@H]3C(CSCCO)O[C@H](O[C@@H]4C(CSCCO)O[C@H](O[C@@H]5C(CSCCO)O[C@H](O[C@@H]6C(CSCCO)O[C@H](O[C@@H]7C(CSCCO)O[C@H](O[C@@H]8C(CSCCO)O[C@H](O[C@@H]9C(CSCCO)O[C@H](O[C@H]1C(O)C2O)C(O)C9O)C(O)C8O)C(O)C7O)C(O)C6O)C(O)C5O)C(O)C4O)C(O)C3O. The average molecular weight is 1780 g/mol. The Kier molecular flexibility index (Phi) is 42.0. The highest BCUT2D eigenvalue weighted by molar-refractivity contribution is 8.00. The van der Waals surface area contributed by atoms with E-state index >= 15 is 0 Å².